The molecule has 0 aliphatic heterocycles. The molecule has 106 valence electrons. The molecule has 2 rings (SSSR count). The van der Waals surface area contributed by atoms with Gasteiger partial charge in [-0.3, -0.25) is 15.1 Å². The second-order valence-corrected chi connectivity index (χ2v) is 4.57. The van der Waals surface area contributed by atoms with Gasteiger partial charge in [-0.25, -0.2) is 10.2 Å². The number of nitrogens with one attached hydrogen (secondary N) is 1. The van der Waals surface area contributed by atoms with Crippen LogP contribution in [-0.4, -0.2) is 17.9 Å². The lowest BCUT2D eigenvalue weighted by atomic mass is 10.2. The minimum Gasteiger partial charge on any atom is -0.467 e. The average molecular weight is 277 g/mol. The lowest BCUT2D eigenvalue weighted by Crippen LogP contribution is -2.29. The van der Waals surface area contributed by atoms with E-state index >= 15 is 0 Å². The van der Waals surface area contributed by atoms with E-state index < -0.39 is 0 Å². The average Bonchev–Trinajstić information content (AvgIpc) is 2.89. The van der Waals surface area contributed by atoms with E-state index in [0.717, 1.165) is 5.56 Å². The highest BCUT2D eigenvalue weighted by Gasteiger charge is 2.10. The normalized spacial score (nSPS) is 10.8. The molecule has 2 aromatic rings. The van der Waals surface area contributed by atoms with Crippen LogP contribution in [0.2, 0.25) is 0 Å². The zero-order valence-electron chi connectivity index (χ0n) is 11.1. The van der Waals surface area contributed by atoms with E-state index in [1.165, 1.54) is 18.4 Å². The van der Waals surface area contributed by atoms with Crippen LogP contribution in [0.3, 0.4) is 0 Å². The van der Waals surface area contributed by atoms with E-state index in [1.807, 2.05) is 17.4 Å². The third kappa shape index (κ3) is 3.66. The number of nitrogen functional groups attached to an aromatic ring is 1. The molecule has 0 spiro atoms. The van der Waals surface area contributed by atoms with E-state index in [9.17, 15) is 9.18 Å². The van der Waals surface area contributed by atoms with Gasteiger partial charge < -0.3 is 4.42 Å². The maximum Gasteiger partial charge on any atom is 0.268 e. The molecule has 0 unspecified atom stereocenters. The molecule has 0 saturated carbocycles. The fourth-order valence-corrected chi connectivity index (χ4v) is 1.89. The van der Waals surface area contributed by atoms with E-state index in [2.05, 4.69) is 0 Å². The van der Waals surface area contributed by atoms with Crippen molar-refractivity contribution in [1.29, 1.82) is 0 Å². The van der Waals surface area contributed by atoms with Gasteiger partial charge in [-0.1, -0.05) is 12.1 Å². The number of hydrogen-bond acceptors (Lipinski definition) is 4. The Balaban J connectivity index is 1.94. The molecule has 0 saturated heterocycles. The van der Waals surface area contributed by atoms with Gasteiger partial charge in [0.05, 0.1) is 12.1 Å². The molecule has 0 bridgehead atoms. The van der Waals surface area contributed by atoms with Crippen LogP contribution in [0.5, 0.6) is 0 Å². The number of carbonyl (C=O) groups excluding carboxylic acids is 1. The number of rotatable bonds is 5. The molecule has 20 heavy (non-hydrogen) atoms. The Morgan fingerprint density at radius 1 is 1.35 bits per heavy atom. The smallest absolute Gasteiger partial charge is 0.268 e. The number of amides is 1. The molecule has 0 fully saturated rings. The second kappa shape index (κ2) is 6.31. The maximum absolute atomic E-state index is 12.8. The zero-order valence-corrected chi connectivity index (χ0v) is 11.1. The SMILES string of the molecule is CN(Cc1ccc(F)cc1)Cc1cc(C(=O)NN)co1. The highest BCUT2D eigenvalue weighted by Crippen LogP contribution is 2.12. The first-order valence-corrected chi connectivity index (χ1v) is 6.10. The summed E-state index contributed by atoms with van der Waals surface area (Å²) in [5, 5.41) is 0. The summed E-state index contributed by atoms with van der Waals surface area (Å²) >= 11 is 0. The van der Waals surface area contributed by atoms with Crippen molar-refractivity contribution in [3.8, 4) is 0 Å². The molecule has 1 aromatic carbocycles. The lowest BCUT2D eigenvalue weighted by molar-refractivity contribution is 0.0953. The number of furan rings is 1. The Bertz CT molecular complexity index is 580. The van der Waals surface area contributed by atoms with Crippen molar-refractivity contribution in [3.63, 3.8) is 0 Å². The first-order valence-electron chi connectivity index (χ1n) is 6.10. The molecule has 0 aliphatic rings. The standard InChI is InChI=1S/C14H16FN3O2/c1-18(7-10-2-4-12(15)5-3-10)8-13-6-11(9-20-13)14(19)17-16/h2-6,9H,7-8,16H2,1H3,(H,17,19). The van der Waals surface area contributed by atoms with Gasteiger partial charge in [-0.2, -0.15) is 0 Å². The van der Waals surface area contributed by atoms with Gasteiger partial charge in [0, 0.05) is 6.54 Å². The Morgan fingerprint density at radius 2 is 2.05 bits per heavy atom. The minimum atomic E-state index is -0.388. The topological polar surface area (TPSA) is 71.5 Å². The molecule has 1 aromatic heterocycles. The van der Waals surface area contributed by atoms with Crippen LogP contribution < -0.4 is 11.3 Å². The Morgan fingerprint density at radius 3 is 2.70 bits per heavy atom. The summed E-state index contributed by atoms with van der Waals surface area (Å²) in [6, 6.07) is 7.98. The van der Waals surface area contributed by atoms with E-state index in [4.69, 9.17) is 10.3 Å². The van der Waals surface area contributed by atoms with Crippen LogP contribution in [0.1, 0.15) is 21.7 Å². The number of benzene rings is 1. The summed E-state index contributed by atoms with van der Waals surface area (Å²) < 4.78 is 18.1. The quantitative estimate of drug-likeness (QED) is 0.495. The van der Waals surface area contributed by atoms with Crippen molar-refractivity contribution < 1.29 is 13.6 Å². The summed E-state index contributed by atoms with van der Waals surface area (Å²) in [6.45, 7) is 1.19. The molecule has 6 heteroatoms. The molecule has 0 atom stereocenters. The number of nitrogens with two attached hydrogens (primary N) is 1. The molecule has 3 N–H and O–H groups in total. The number of halogens is 1. The van der Waals surface area contributed by atoms with Crippen LogP contribution in [0.25, 0.3) is 0 Å². The number of carbonyl (C=O) groups is 1. The molecular weight excluding hydrogens is 261 g/mol. The summed E-state index contributed by atoms with van der Waals surface area (Å²) in [5.41, 5.74) is 3.43. The molecule has 1 heterocycles. The fourth-order valence-electron chi connectivity index (χ4n) is 1.89. The van der Waals surface area contributed by atoms with Crippen molar-refractivity contribution in [2.45, 2.75) is 13.1 Å². The van der Waals surface area contributed by atoms with Crippen molar-refractivity contribution in [2.75, 3.05) is 7.05 Å². The molecule has 0 radical (unpaired) electrons. The minimum absolute atomic E-state index is 0.250. The predicted octanol–water partition coefficient (Wildman–Crippen LogP) is 1.65. The summed E-state index contributed by atoms with van der Waals surface area (Å²) in [7, 11) is 1.91. The lowest BCUT2D eigenvalue weighted by Gasteiger charge is -2.14. The molecule has 0 aliphatic carbocycles. The van der Waals surface area contributed by atoms with Gasteiger partial charge in [0.25, 0.3) is 5.91 Å². The van der Waals surface area contributed by atoms with Crippen molar-refractivity contribution in [1.82, 2.24) is 10.3 Å². The van der Waals surface area contributed by atoms with Gasteiger partial charge in [-0.05, 0) is 30.8 Å². The Kier molecular flexibility index (Phi) is 4.49. The van der Waals surface area contributed by atoms with E-state index in [1.54, 1.807) is 18.2 Å². The van der Waals surface area contributed by atoms with E-state index in [-0.39, 0.29) is 11.7 Å². The molecular formula is C14H16FN3O2. The Hall–Kier alpha value is -2.18. The van der Waals surface area contributed by atoms with Crippen molar-refractivity contribution >= 4 is 5.91 Å². The monoisotopic (exact) mass is 277 g/mol. The van der Waals surface area contributed by atoms with E-state index in [0.29, 0.717) is 24.4 Å². The van der Waals surface area contributed by atoms with Crippen molar-refractivity contribution in [2.24, 2.45) is 5.84 Å². The number of nitrogens with zero attached hydrogens (tertiary/aromatic N) is 1. The van der Waals surface area contributed by atoms with Gasteiger partial charge >= 0.3 is 0 Å². The van der Waals surface area contributed by atoms with Gasteiger partial charge in [0.2, 0.25) is 0 Å². The second-order valence-electron chi connectivity index (χ2n) is 4.57. The third-order valence-corrected chi connectivity index (χ3v) is 2.84. The number of hydrazine groups is 1. The summed E-state index contributed by atoms with van der Waals surface area (Å²) in [6.07, 6.45) is 1.36. The summed E-state index contributed by atoms with van der Waals surface area (Å²) in [4.78, 5) is 13.3. The largest absolute Gasteiger partial charge is 0.467 e. The highest BCUT2D eigenvalue weighted by atomic mass is 19.1. The highest BCUT2D eigenvalue weighted by molar-refractivity contribution is 5.93. The van der Waals surface area contributed by atoms with Crippen LogP contribution in [0.15, 0.2) is 41.0 Å². The summed E-state index contributed by atoms with van der Waals surface area (Å²) in [5.74, 6) is 5.07. The fraction of sp³-hybridized carbons (Fsp3) is 0.214. The third-order valence-electron chi connectivity index (χ3n) is 2.84. The van der Waals surface area contributed by atoms with Gasteiger partial charge in [-0.15, -0.1) is 0 Å². The van der Waals surface area contributed by atoms with Crippen LogP contribution in [0.4, 0.5) is 4.39 Å². The molecule has 5 nitrogen and oxygen atoms in total. The van der Waals surface area contributed by atoms with Gasteiger partial charge in [0.15, 0.2) is 0 Å². The molecule has 1 amide bonds. The van der Waals surface area contributed by atoms with Crippen LogP contribution in [0, 0.1) is 5.82 Å². The first-order chi connectivity index (χ1) is 9.58. The first kappa shape index (κ1) is 14.2. The van der Waals surface area contributed by atoms with Gasteiger partial charge in [0.1, 0.15) is 17.8 Å². The van der Waals surface area contributed by atoms with Crippen molar-refractivity contribution in [3.05, 3.63) is 59.3 Å². The van der Waals surface area contributed by atoms with Crippen LogP contribution in [-0.2, 0) is 13.1 Å². The Labute approximate surface area is 116 Å². The zero-order chi connectivity index (χ0) is 14.5. The maximum atomic E-state index is 12.8. The number of hydrogen-bond donors (Lipinski definition) is 2. The predicted molar refractivity (Wildman–Crippen MR) is 71.9 cm³/mol. The van der Waals surface area contributed by atoms with Crippen LogP contribution >= 0.6 is 0 Å².